The lowest BCUT2D eigenvalue weighted by Crippen LogP contribution is -2.41. The maximum Gasteiger partial charge on any atom is 0.229 e. The lowest BCUT2D eigenvalue weighted by atomic mass is 9.98. The van der Waals surface area contributed by atoms with E-state index in [9.17, 15) is 4.79 Å². The van der Waals surface area contributed by atoms with Crippen molar-refractivity contribution in [3.8, 4) is 0 Å². The van der Waals surface area contributed by atoms with Crippen molar-refractivity contribution in [1.82, 2.24) is 10.1 Å². The molecule has 0 N–H and O–H groups in total. The largest absolute Gasteiger partial charge is 0.384 e. The van der Waals surface area contributed by atoms with Crippen molar-refractivity contribution in [2.45, 2.75) is 26.2 Å². The highest BCUT2D eigenvalue weighted by atomic mass is 35.5. The van der Waals surface area contributed by atoms with Gasteiger partial charge in [-0.3, -0.25) is 4.79 Å². The fourth-order valence-electron chi connectivity index (χ4n) is 2.48. The van der Waals surface area contributed by atoms with Gasteiger partial charge in [0.2, 0.25) is 11.1 Å². The first-order valence-electron chi connectivity index (χ1n) is 6.49. The molecule has 1 atom stereocenters. The highest BCUT2D eigenvalue weighted by molar-refractivity contribution is 6.29. The number of methoxy groups -OCH3 is 1. The maximum atomic E-state index is 12.3. The number of ether oxygens (including phenoxy) is 1. The number of nitrogens with zero attached hydrogens (tertiary/aromatic N) is 2. The average Bonchev–Trinajstić information content (AvgIpc) is 2.71. The number of hydrogen-bond donors (Lipinski definition) is 0. The summed E-state index contributed by atoms with van der Waals surface area (Å²) in [5.41, 5.74) is 1.38. The number of likely N-dealkylation sites (tertiary alicyclic amines) is 1. The van der Waals surface area contributed by atoms with Crippen molar-refractivity contribution in [1.29, 1.82) is 0 Å². The van der Waals surface area contributed by atoms with Crippen molar-refractivity contribution in [2.75, 3.05) is 26.8 Å². The monoisotopic (exact) mass is 286 g/mol. The zero-order valence-electron chi connectivity index (χ0n) is 11.3. The predicted molar refractivity (Wildman–Crippen MR) is 71.1 cm³/mol. The van der Waals surface area contributed by atoms with Crippen LogP contribution < -0.4 is 0 Å². The summed E-state index contributed by atoms with van der Waals surface area (Å²) in [6.07, 6.45) is 2.40. The van der Waals surface area contributed by atoms with E-state index < -0.39 is 0 Å². The summed E-state index contributed by atoms with van der Waals surface area (Å²) in [6.45, 7) is 4.06. The van der Waals surface area contributed by atoms with Crippen LogP contribution in [-0.2, 0) is 16.0 Å². The minimum Gasteiger partial charge on any atom is -0.384 e. The molecular weight excluding hydrogens is 268 g/mol. The Hall–Kier alpha value is -1.07. The van der Waals surface area contributed by atoms with Crippen LogP contribution in [0.2, 0.25) is 5.22 Å². The van der Waals surface area contributed by atoms with Gasteiger partial charge in [-0.05, 0) is 37.3 Å². The highest BCUT2D eigenvalue weighted by Gasteiger charge is 2.25. The molecule has 2 rings (SSSR count). The van der Waals surface area contributed by atoms with E-state index in [0.717, 1.165) is 25.9 Å². The first kappa shape index (κ1) is 14.3. The van der Waals surface area contributed by atoms with Crippen LogP contribution in [0.4, 0.5) is 0 Å². The van der Waals surface area contributed by atoms with Gasteiger partial charge in [-0.25, -0.2) is 0 Å². The molecule has 1 saturated heterocycles. The normalized spacial score (nSPS) is 19.7. The summed E-state index contributed by atoms with van der Waals surface area (Å²) in [6, 6.07) is 0. The minimum absolute atomic E-state index is 0.0778. The Morgan fingerprint density at radius 3 is 3.05 bits per heavy atom. The van der Waals surface area contributed by atoms with Gasteiger partial charge in [0.05, 0.1) is 18.7 Å². The minimum atomic E-state index is 0.0778. The van der Waals surface area contributed by atoms with E-state index in [0.29, 0.717) is 23.8 Å². The lowest BCUT2D eigenvalue weighted by molar-refractivity contribution is -0.132. The van der Waals surface area contributed by atoms with E-state index in [-0.39, 0.29) is 17.5 Å². The third kappa shape index (κ3) is 3.48. The number of carbonyl (C=O) groups excluding carboxylic acids is 1. The van der Waals surface area contributed by atoms with Gasteiger partial charge in [0.15, 0.2) is 0 Å². The van der Waals surface area contributed by atoms with Gasteiger partial charge in [0.1, 0.15) is 0 Å². The van der Waals surface area contributed by atoms with Gasteiger partial charge in [-0.2, -0.15) is 0 Å². The van der Waals surface area contributed by atoms with Crippen LogP contribution in [0.1, 0.15) is 24.1 Å². The average molecular weight is 287 g/mol. The Labute approximate surface area is 117 Å². The number of hydrogen-bond acceptors (Lipinski definition) is 4. The van der Waals surface area contributed by atoms with E-state index in [1.165, 1.54) is 0 Å². The Morgan fingerprint density at radius 2 is 2.42 bits per heavy atom. The summed E-state index contributed by atoms with van der Waals surface area (Å²) in [4.78, 5) is 14.2. The molecule has 0 aromatic carbocycles. The molecule has 0 spiro atoms. The van der Waals surface area contributed by atoms with Crippen LogP contribution in [0.15, 0.2) is 4.52 Å². The molecule has 1 aliphatic rings. The number of aromatic nitrogens is 1. The molecule has 1 aliphatic heterocycles. The molecule has 19 heavy (non-hydrogen) atoms. The van der Waals surface area contributed by atoms with Crippen LogP contribution >= 0.6 is 11.6 Å². The van der Waals surface area contributed by atoms with Gasteiger partial charge in [-0.1, -0.05) is 5.16 Å². The summed E-state index contributed by atoms with van der Waals surface area (Å²) in [7, 11) is 1.70. The topological polar surface area (TPSA) is 55.6 Å². The number of aryl methyl sites for hydroxylation is 1. The van der Waals surface area contributed by atoms with Crippen molar-refractivity contribution in [2.24, 2.45) is 5.92 Å². The highest BCUT2D eigenvalue weighted by Crippen LogP contribution is 2.22. The van der Waals surface area contributed by atoms with Gasteiger partial charge in [-0.15, -0.1) is 0 Å². The second-order valence-electron chi connectivity index (χ2n) is 5.00. The van der Waals surface area contributed by atoms with Crippen molar-refractivity contribution in [3.63, 3.8) is 0 Å². The van der Waals surface area contributed by atoms with Gasteiger partial charge >= 0.3 is 0 Å². The molecule has 0 aliphatic carbocycles. The third-order valence-electron chi connectivity index (χ3n) is 3.54. The molecule has 0 saturated carbocycles. The van der Waals surface area contributed by atoms with Crippen molar-refractivity contribution >= 4 is 17.5 Å². The smallest absolute Gasteiger partial charge is 0.229 e. The molecule has 1 aromatic heterocycles. The molecule has 2 heterocycles. The second-order valence-corrected chi connectivity index (χ2v) is 5.34. The number of rotatable bonds is 4. The summed E-state index contributed by atoms with van der Waals surface area (Å²) in [5, 5.41) is 3.98. The van der Waals surface area contributed by atoms with Crippen LogP contribution in [0, 0.1) is 12.8 Å². The van der Waals surface area contributed by atoms with E-state index in [1.54, 1.807) is 14.0 Å². The molecule has 106 valence electrons. The fourth-order valence-corrected chi connectivity index (χ4v) is 2.72. The Kier molecular flexibility index (Phi) is 4.82. The second kappa shape index (κ2) is 6.39. The SMILES string of the molecule is COC[C@@H]1CCCN(C(=O)Cc2c(C)noc2Cl)C1. The molecular formula is C13H19ClN2O3. The zero-order valence-corrected chi connectivity index (χ0v) is 12.1. The molecule has 0 bridgehead atoms. The van der Waals surface area contributed by atoms with Crippen LogP contribution in [0.25, 0.3) is 0 Å². The summed E-state index contributed by atoms with van der Waals surface area (Å²) >= 11 is 5.89. The molecule has 6 heteroatoms. The number of piperidine rings is 1. The fraction of sp³-hybridized carbons (Fsp3) is 0.692. The van der Waals surface area contributed by atoms with E-state index in [2.05, 4.69) is 5.16 Å². The maximum absolute atomic E-state index is 12.3. The Bertz CT molecular complexity index is 426. The Morgan fingerprint density at radius 1 is 1.63 bits per heavy atom. The summed E-state index contributed by atoms with van der Waals surface area (Å²) in [5.74, 6) is 0.510. The number of carbonyl (C=O) groups is 1. The van der Waals surface area contributed by atoms with E-state index in [1.807, 2.05) is 4.90 Å². The molecule has 0 unspecified atom stereocenters. The van der Waals surface area contributed by atoms with Gasteiger partial charge in [0.25, 0.3) is 0 Å². The first-order chi connectivity index (χ1) is 9.11. The zero-order chi connectivity index (χ0) is 13.8. The standard InChI is InChI=1S/C13H19ClN2O3/c1-9-11(13(14)19-15-9)6-12(17)16-5-3-4-10(7-16)8-18-2/h10H,3-8H2,1-2H3/t10-/m1/s1. The predicted octanol–water partition coefficient (Wildman–Crippen LogP) is 2.06. The quantitative estimate of drug-likeness (QED) is 0.850. The Balaban J connectivity index is 1.96. The molecule has 1 aromatic rings. The van der Waals surface area contributed by atoms with Crippen molar-refractivity contribution in [3.05, 3.63) is 16.5 Å². The molecule has 0 radical (unpaired) electrons. The lowest BCUT2D eigenvalue weighted by Gasteiger charge is -2.32. The molecule has 5 nitrogen and oxygen atoms in total. The van der Waals surface area contributed by atoms with Crippen LogP contribution in [0.5, 0.6) is 0 Å². The van der Waals surface area contributed by atoms with Crippen molar-refractivity contribution < 1.29 is 14.1 Å². The van der Waals surface area contributed by atoms with Crippen LogP contribution in [0.3, 0.4) is 0 Å². The first-order valence-corrected chi connectivity index (χ1v) is 6.87. The molecule has 1 amide bonds. The van der Waals surface area contributed by atoms with E-state index >= 15 is 0 Å². The van der Waals surface area contributed by atoms with Gasteiger partial charge < -0.3 is 14.2 Å². The van der Waals surface area contributed by atoms with Gasteiger partial charge in [0, 0.05) is 25.8 Å². The number of halogens is 1. The number of amides is 1. The third-order valence-corrected chi connectivity index (χ3v) is 3.84. The molecule has 1 fully saturated rings. The summed E-state index contributed by atoms with van der Waals surface area (Å²) < 4.78 is 10.0. The van der Waals surface area contributed by atoms with Crippen LogP contribution in [-0.4, -0.2) is 42.8 Å². The van der Waals surface area contributed by atoms with E-state index in [4.69, 9.17) is 20.9 Å².